The van der Waals surface area contributed by atoms with Crippen molar-refractivity contribution in [1.82, 2.24) is 35.0 Å². The largest absolute Gasteiger partial charge is 0.457 e. The van der Waals surface area contributed by atoms with Gasteiger partial charge in [0.25, 0.3) is 0 Å². The zero-order chi connectivity index (χ0) is 24.5. The number of benzene rings is 1. The molecule has 0 spiro atoms. The van der Waals surface area contributed by atoms with Gasteiger partial charge in [-0.25, -0.2) is 9.78 Å². The highest BCUT2D eigenvalue weighted by Crippen LogP contribution is 2.29. The average Bonchev–Trinajstić information content (AvgIpc) is 3.51. The predicted octanol–water partition coefficient (Wildman–Crippen LogP) is 0.729. The monoisotopic (exact) mass is 479 g/mol. The molecule has 0 amide bonds. The number of pyridine rings is 1. The molecule has 1 aromatic carbocycles. The van der Waals surface area contributed by atoms with Crippen molar-refractivity contribution in [2.75, 3.05) is 39.3 Å². The number of rotatable bonds is 7. The Morgan fingerprint density at radius 1 is 1.03 bits per heavy atom. The Hall–Kier alpha value is -3.25. The Kier molecular flexibility index (Phi) is 6.56. The molecule has 2 unspecified atom stereocenters. The van der Waals surface area contributed by atoms with Gasteiger partial charge in [0.15, 0.2) is 5.82 Å². The van der Waals surface area contributed by atoms with Gasteiger partial charge in [-0.05, 0) is 53.1 Å². The molecule has 0 radical (unpaired) electrons. The molecule has 184 valence electrons. The molecule has 11 nitrogen and oxygen atoms in total. The molecule has 2 aromatic heterocycles. The van der Waals surface area contributed by atoms with E-state index in [0.29, 0.717) is 24.5 Å². The maximum atomic E-state index is 11.8. The lowest BCUT2D eigenvalue weighted by Crippen LogP contribution is -2.48. The molecule has 3 aromatic rings. The number of hydrogen-bond acceptors (Lipinski definition) is 10. The van der Waals surface area contributed by atoms with Gasteiger partial charge in [-0.15, -0.1) is 5.10 Å². The molecular weight excluding hydrogens is 450 g/mol. The van der Waals surface area contributed by atoms with Gasteiger partial charge in [-0.2, -0.15) is 4.68 Å². The van der Waals surface area contributed by atoms with Crippen molar-refractivity contribution in [3.63, 3.8) is 0 Å². The third kappa shape index (κ3) is 4.80. The lowest BCUT2D eigenvalue weighted by atomic mass is 9.95. The highest BCUT2D eigenvalue weighted by Gasteiger charge is 2.27. The normalized spacial score (nSPS) is 18.3. The SMILES string of the molecule is Cc1cc(-n2cnnn2)ncc1C(O)CN1CCN(CC(O)c2ccc3c(c2C)COC3=O)CC1. The molecule has 0 bridgehead atoms. The zero-order valence-corrected chi connectivity index (χ0v) is 19.8. The van der Waals surface area contributed by atoms with Crippen LogP contribution in [0.1, 0.15) is 50.4 Å². The van der Waals surface area contributed by atoms with Crippen LogP contribution < -0.4 is 0 Å². The van der Waals surface area contributed by atoms with E-state index in [1.54, 1.807) is 12.3 Å². The van der Waals surface area contributed by atoms with Gasteiger partial charge in [-0.1, -0.05) is 6.07 Å². The molecule has 1 fully saturated rings. The molecule has 0 saturated carbocycles. The van der Waals surface area contributed by atoms with Gasteiger partial charge in [0.1, 0.15) is 12.9 Å². The Balaban J connectivity index is 1.14. The molecular formula is C24H29N7O4. The average molecular weight is 480 g/mol. The van der Waals surface area contributed by atoms with Crippen LogP contribution in [-0.2, 0) is 11.3 Å². The van der Waals surface area contributed by atoms with E-state index in [0.717, 1.165) is 54.0 Å². The highest BCUT2D eigenvalue weighted by atomic mass is 16.5. The van der Waals surface area contributed by atoms with Crippen molar-refractivity contribution < 1.29 is 19.7 Å². The number of nitrogens with zero attached hydrogens (tertiary/aromatic N) is 7. The minimum absolute atomic E-state index is 0.275. The first-order valence-electron chi connectivity index (χ1n) is 11.7. The van der Waals surface area contributed by atoms with Crippen LogP contribution in [0, 0.1) is 13.8 Å². The number of cyclic esters (lactones) is 1. The van der Waals surface area contributed by atoms with Crippen LogP contribution in [0.15, 0.2) is 30.7 Å². The van der Waals surface area contributed by atoms with E-state index in [2.05, 4.69) is 30.3 Å². The van der Waals surface area contributed by atoms with Crippen molar-refractivity contribution in [3.8, 4) is 5.82 Å². The second-order valence-corrected chi connectivity index (χ2v) is 9.17. The first-order valence-corrected chi connectivity index (χ1v) is 11.7. The Labute approximate surface area is 202 Å². The minimum atomic E-state index is -0.651. The van der Waals surface area contributed by atoms with Crippen LogP contribution in [0.25, 0.3) is 5.82 Å². The quantitative estimate of drug-likeness (QED) is 0.468. The van der Waals surface area contributed by atoms with Gasteiger partial charge < -0.3 is 14.9 Å². The van der Waals surface area contributed by atoms with Crippen LogP contribution in [0.3, 0.4) is 0 Å². The van der Waals surface area contributed by atoms with Crippen LogP contribution in [-0.4, -0.2) is 90.4 Å². The molecule has 11 heteroatoms. The lowest BCUT2D eigenvalue weighted by Gasteiger charge is -2.36. The molecule has 2 atom stereocenters. The first kappa shape index (κ1) is 23.5. The molecule has 0 aliphatic carbocycles. The summed E-state index contributed by atoms with van der Waals surface area (Å²) in [5.74, 6) is 0.310. The summed E-state index contributed by atoms with van der Waals surface area (Å²) in [6.45, 7) is 8.37. The third-order valence-electron chi connectivity index (χ3n) is 6.97. The number of β-amino-alcohol motifs (C(OH)–C–C–N with tert-alkyl or cyclic N) is 2. The summed E-state index contributed by atoms with van der Waals surface area (Å²) in [5, 5.41) is 32.8. The molecule has 5 rings (SSSR count). The van der Waals surface area contributed by atoms with E-state index in [1.807, 2.05) is 26.0 Å². The number of carbonyl (C=O) groups excluding carboxylic acids is 1. The van der Waals surface area contributed by atoms with Crippen molar-refractivity contribution in [1.29, 1.82) is 0 Å². The second kappa shape index (κ2) is 9.78. The fourth-order valence-electron chi connectivity index (χ4n) is 4.86. The summed E-state index contributed by atoms with van der Waals surface area (Å²) < 4.78 is 6.61. The maximum absolute atomic E-state index is 11.8. The summed E-state index contributed by atoms with van der Waals surface area (Å²) in [4.78, 5) is 20.6. The number of carbonyl (C=O) groups is 1. The van der Waals surface area contributed by atoms with E-state index in [1.165, 1.54) is 11.0 Å². The second-order valence-electron chi connectivity index (χ2n) is 9.17. The van der Waals surface area contributed by atoms with E-state index < -0.39 is 12.2 Å². The number of ether oxygens (including phenoxy) is 1. The molecule has 1 saturated heterocycles. The number of hydrogen-bond donors (Lipinski definition) is 2. The fraction of sp³-hybridized carbons (Fsp3) is 0.458. The van der Waals surface area contributed by atoms with Crippen LogP contribution >= 0.6 is 0 Å². The number of aromatic nitrogens is 5. The van der Waals surface area contributed by atoms with Crippen molar-refractivity contribution in [2.45, 2.75) is 32.7 Å². The van der Waals surface area contributed by atoms with Crippen LogP contribution in [0.5, 0.6) is 0 Å². The first-order chi connectivity index (χ1) is 16.9. The standard InChI is InChI=1S/C24H29N7O4/c1-15-9-23(31-14-26-27-28-31)25-10-19(15)22(33)12-30-7-5-29(6-8-30)11-21(32)17-3-4-18-20(16(17)2)13-35-24(18)34/h3-4,9-10,14,21-22,32-33H,5-8,11-13H2,1-2H3. The van der Waals surface area contributed by atoms with E-state index in [-0.39, 0.29) is 12.6 Å². The van der Waals surface area contributed by atoms with Gasteiger partial charge >= 0.3 is 5.97 Å². The van der Waals surface area contributed by atoms with Crippen molar-refractivity contribution >= 4 is 5.97 Å². The Morgan fingerprint density at radius 3 is 2.34 bits per heavy atom. The van der Waals surface area contributed by atoms with Crippen molar-refractivity contribution in [2.24, 2.45) is 0 Å². The topological polar surface area (TPSA) is 130 Å². The van der Waals surface area contributed by atoms with Crippen LogP contribution in [0.4, 0.5) is 0 Å². The number of esters is 1. The summed E-state index contributed by atoms with van der Waals surface area (Å²) in [5.41, 5.74) is 4.96. The highest BCUT2D eigenvalue weighted by molar-refractivity contribution is 5.93. The Morgan fingerprint density at radius 2 is 1.71 bits per heavy atom. The fourth-order valence-corrected chi connectivity index (χ4v) is 4.86. The predicted molar refractivity (Wildman–Crippen MR) is 125 cm³/mol. The molecule has 4 heterocycles. The maximum Gasteiger partial charge on any atom is 0.338 e. The van der Waals surface area contributed by atoms with Crippen LogP contribution in [0.2, 0.25) is 0 Å². The molecule has 2 N–H and O–H groups in total. The van der Waals surface area contributed by atoms with E-state index >= 15 is 0 Å². The smallest absolute Gasteiger partial charge is 0.338 e. The van der Waals surface area contributed by atoms with Gasteiger partial charge in [0, 0.05) is 56.6 Å². The number of tetrazole rings is 1. The number of piperazine rings is 1. The number of fused-ring (bicyclic) bond motifs is 1. The number of aliphatic hydroxyl groups excluding tert-OH is 2. The zero-order valence-electron chi connectivity index (χ0n) is 19.8. The number of aryl methyl sites for hydroxylation is 1. The van der Waals surface area contributed by atoms with Gasteiger partial charge in [-0.3, -0.25) is 9.80 Å². The summed E-state index contributed by atoms with van der Waals surface area (Å²) in [6, 6.07) is 5.44. The minimum Gasteiger partial charge on any atom is -0.457 e. The van der Waals surface area contributed by atoms with Crippen molar-refractivity contribution in [3.05, 3.63) is 64.1 Å². The molecule has 2 aliphatic rings. The third-order valence-corrected chi connectivity index (χ3v) is 6.97. The lowest BCUT2D eigenvalue weighted by molar-refractivity contribution is 0.0478. The summed E-state index contributed by atoms with van der Waals surface area (Å²) in [6.07, 6.45) is 1.87. The molecule has 2 aliphatic heterocycles. The van der Waals surface area contributed by atoms with Gasteiger partial charge in [0.2, 0.25) is 0 Å². The van der Waals surface area contributed by atoms with Gasteiger partial charge in [0.05, 0.1) is 17.8 Å². The number of aliphatic hydroxyl groups is 2. The molecule has 35 heavy (non-hydrogen) atoms. The summed E-state index contributed by atoms with van der Waals surface area (Å²) in [7, 11) is 0. The van der Waals surface area contributed by atoms with E-state index in [4.69, 9.17) is 4.74 Å². The summed E-state index contributed by atoms with van der Waals surface area (Å²) >= 11 is 0. The van der Waals surface area contributed by atoms with E-state index in [9.17, 15) is 15.0 Å². The Bertz CT molecular complexity index is 1210.